The van der Waals surface area contributed by atoms with E-state index >= 15 is 0 Å². The summed E-state index contributed by atoms with van der Waals surface area (Å²) in [6.07, 6.45) is 0. The van der Waals surface area contributed by atoms with Gasteiger partial charge in [-0.15, -0.1) is 11.3 Å². The molecule has 11 heteroatoms. The summed E-state index contributed by atoms with van der Waals surface area (Å²) in [6, 6.07) is 161. The van der Waals surface area contributed by atoms with E-state index in [1.807, 2.05) is 11.3 Å². The Morgan fingerprint density at radius 1 is 0.201 bits per heavy atom. The van der Waals surface area contributed by atoms with Gasteiger partial charge < -0.3 is 18.3 Å². The summed E-state index contributed by atoms with van der Waals surface area (Å²) in [4.78, 5) is 32.3. The van der Waals surface area contributed by atoms with E-state index in [9.17, 15) is 0 Å². The maximum atomic E-state index is 5.41. The highest BCUT2D eigenvalue weighted by molar-refractivity contribution is 7.26. The fourth-order valence-electron chi connectivity index (χ4n) is 25.5. The van der Waals surface area contributed by atoms with Gasteiger partial charge in [-0.2, -0.15) is 0 Å². The van der Waals surface area contributed by atoms with Gasteiger partial charge in [-0.1, -0.05) is 407 Å². The average Bonchev–Trinajstić information content (AvgIpc) is 1.52. The first-order valence-electron chi connectivity index (χ1n) is 51.6. The molecule has 31 rings (SSSR count). The van der Waals surface area contributed by atoms with E-state index in [1.165, 1.54) is 152 Å². The first-order valence-corrected chi connectivity index (χ1v) is 52.4. The molecule has 4 aliphatic rings. The third-order valence-corrected chi connectivity index (χ3v) is 33.6. The zero-order valence-electron chi connectivity index (χ0n) is 83.6. The smallest absolute Gasteiger partial charge is 0.160 e. The molecule has 0 radical (unpaired) electrons. The van der Waals surface area contributed by atoms with Crippen LogP contribution in [0, 0.1) is 0 Å². The number of nitrogens with zero attached hydrogens (tertiary/aromatic N) is 10. The lowest BCUT2D eigenvalue weighted by Crippen LogP contribution is -2.17. The standard InChI is InChI=1S/C49H34N4.C46H35N3.C43H29N3S/c1-49(2)39-25-12-9-23-37(39)44-45(31-16-5-3-6-17-31)50-48(51-47(44)49)32-18-15-21-34(30-32)52-41-27-14-11-24-38(41)43-42(52)29-28-36-35-22-10-13-26-40(35)53(46(36)43)33-19-7-4-8-20-33;1-45(2)35-22-11-8-19-31(35)32-25-26-38-39(41(32)45)34-21-10-13-24-37(34)49(38)30-18-14-17-29(27-30)44-47-42(28-15-6-5-7-16-28)40-33-20-9-12-23-36(33)46(3,4)43(40)48-44;1-43(2)33-20-9-6-18-31(33)38-39(26-13-4-3-5-14-26)44-42(45-41(38)43)27-15-12-16-28(25-27)46-34-21-10-7-19-32(34)37-35(46)24-23-30-29-17-8-11-22-36(29)47-40(30)37/h3-30H,1-2H3;5-27H,1-4H3;3-25H,1-2H3. The van der Waals surface area contributed by atoms with Crippen molar-refractivity contribution in [2.24, 2.45) is 0 Å². The first-order chi connectivity index (χ1) is 73.0. The lowest BCUT2D eigenvalue weighted by atomic mass is 9.80. The van der Waals surface area contributed by atoms with Crippen LogP contribution in [0.5, 0.6) is 0 Å². The number of thiophene rings is 1. The number of rotatable bonds is 10. The maximum absolute atomic E-state index is 5.41. The van der Waals surface area contributed by atoms with Gasteiger partial charge in [-0.25, -0.2) is 29.9 Å². The van der Waals surface area contributed by atoms with Crippen LogP contribution in [0.3, 0.4) is 0 Å². The van der Waals surface area contributed by atoms with E-state index < -0.39 is 0 Å². The Morgan fingerprint density at radius 3 is 0.960 bits per heavy atom. The van der Waals surface area contributed by atoms with Gasteiger partial charge >= 0.3 is 0 Å². The quantitative estimate of drug-likeness (QED) is 0.135. The minimum atomic E-state index is -0.264. The van der Waals surface area contributed by atoms with Crippen molar-refractivity contribution < 1.29 is 0 Å². The average molecular weight is 1930 g/mol. The zero-order chi connectivity index (χ0) is 99.6. The Balaban J connectivity index is 0.000000105. The predicted molar refractivity (Wildman–Crippen MR) is 619 cm³/mol. The van der Waals surface area contributed by atoms with Crippen LogP contribution in [-0.4, -0.2) is 48.2 Å². The molecule has 4 aliphatic carbocycles. The van der Waals surface area contributed by atoms with Crippen LogP contribution in [0.4, 0.5) is 0 Å². The molecular weight excluding hydrogens is 1830 g/mol. The molecule has 0 unspecified atom stereocenters. The number of para-hydroxylation sites is 5. The molecule has 19 aromatic carbocycles. The van der Waals surface area contributed by atoms with Crippen molar-refractivity contribution in [2.45, 2.75) is 77.0 Å². The van der Waals surface area contributed by atoms with Gasteiger partial charge in [0.2, 0.25) is 0 Å². The fourth-order valence-corrected chi connectivity index (χ4v) is 26.8. The van der Waals surface area contributed by atoms with E-state index in [0.717, 1.165) is 135 Å². The second kappa shape index (κ2) is 33.2. The van der Waals surface area contributed by atoms with Crippen molar-refractivity contribution in [3.63, 3.8) is 0 Å². The van der Waals surface area contributed by atoms with Gasteiger partial charge in [0.15, 0.2) is 17.5 Å². The van der Waals surface area contributed by atoms with E-state index in [0.29, 0.717) is 0 Å². The highest BCUT2D eigenvalue weighted by Crippen LogP contribution is 2.59. The molecule has 0 saturated carbocycles. The predicted octanol–water partition coefficient (Wildman–Crippen LogP) is 35.4. The fraction of sp³-hybridized carbons (Fsp3) is 0.0870. The number of fused-ring (bicyclic) bond motifs is 30. The Kier molecular flexibility index (Phi) is 19.5. The van der Waals surface area contributed by atoms with Gasteiger partial charge in [0, 0.05) is 158 Å². The Labute approximate surface area is 866 Å². The molecule has 706 valence electrons. The van der Waals surface area contributed by atoms with Gasteiger partial charge in [0.25, 0.3) is 0 Å². The third-order valence-electron chi connectivity index (χ3n) is 32.4. The normalized spacial score (nSPS) is 13.9. The molecule has 0 atom stereocenters. The third kappa shape index (κ3) is 13.1. The molecule has 0 bridgehead atoms. The van der Waals surface area contributed by atoms with E-state index in [1.54, 1.807) is 0 Å². The van der Waals surface area contributed by atoms with E-state index in [4.69, 9.17) is 29.9 Å². The van der Waals surface area contributed by atoms with Crippen molar-refractivity contribution in [3.05, 3.63) is 494 Å². The molecule has 10 nitrogen and oxygen atoms in total. The summed E-state index contributed by atoms with van der Waals surface area (Å²) < 4.78 is 12.3. The van der Waals surface area contributed by atoms with Crippen LogP contribution >= 0.6 is 11.3 Å². The minimum absolute atomic E-state index is 0.112. The molecule has 0 N–H and O–H groups in total. The lowest BCUT2D eigenvalue weighted by molar-refractivity contribution is 0.636. The van der Waals surface area contributed by atoms with E-state index in [2.05, 4.69) is 523 Å². The Morgan fingerprint density at radius 2 is 0.517 bits per heavy atom. The van der Waals surface area contributed by atoms with Crippen LogP contribution in [0.2, 0.25) is 0 Å². The molecule has 0 amide bonds. The van der Waals surface area contributed by atoms with Crippen molar-refractivity contribution in [3.8, 4) is 135 Å². The number of benzene rings is 19. The number of hydrogen-bond donors (Lipinski definition) is 0. The number of aromatic nitrogens is 10. The van der Waals surface area contributed by atoms with Gasteiger partial charge in [-0.3, -0.25) is 0 Å². The summed E-state index contributed by atoms with van der Waals surface area (Å²) >= 11 is 1.89. The second-order valence-corrected chi connectivity index (χ2v) is 43.3. The second-order valence-electron chi connectivity index (χ2n) is 42.2. The number of hydrogen-bond acceptors (Lipinski definition) is 7. The van der Waals surface area contributed by atoms with Gasteiger partial charge in [0.1, 0.15) is 0 Å². The Hall–Kier alpha value is -18.2. The highest BCUT2D eigenvalue weighted by Gasteiger charge is 2.45. The molecule has 8 heterocycles. The summed E-state index contributed by atoms with van der Waals surface area (Å²) in [5, 5.41) is 12.8. The summed E-state index contributed by atoms with van der Waals surface area (Å²) in [6.45, 7) is 18.5. The van der Waals surface area contributed by atoms with Crippen LogP contribution in [0.15, 0.2) is 449 Å². The highest BCUT2D eigenvalue weighted by atomic mass is 32.1. The van der Waals surface area contributed by atoms with Gasteiger partial charge in [0.05, 0.1) is 78.3 Å². The molecular formula is C138H98N10S. The maximum Gasteiger partial charge on any atom is 0.160 e. The molecule has 8 aromatic heterocycles. The first kappa shape index (κ1) is 87.4. The molecule has 0 fully saturated rings. The summed E-state index contributed by atoms with van der Waals surface area (Å²) in [5.74, 6) is 2.23. The van der Waals surface area contributed by atoms with Crippen LogP contribution in [0.1, 0.15) is 100 Å². The minimum Gasteiger partial charge on any atom is -0.309 e. The Bertz CT molecular complexity index is 10300. The monoisotopic (exact) mass is 1930 g/mol. The van der Waals surface area contributed by atoms with Crippen molar-refractivity contribution in [1.82, 2.24) is 48.2 Å². The largest absolute Gasteiger partial charge is 0.309 e. The molecule has 149 heavy (non-hydrogen) atoms. The van der Waals surface area contributed by atoms with Crippen LogP contribution in [0.25, 0.3) is 243 Å². The van der Waals surface area contributed by atoms with Crippen molar-refractivity contribution in [2.75, 3.05) is 0 Å². The SMILES string of the molecule is CC1(C)c2ccccc2-c2c(-c3ccccc3)nc(-c3cccc(-n4c5ccccc5c5c4ccc4c6ccccc6n(-c6ccccc6)c45)c3)nc21.CC1(C)c2ccccc2-c2c(-c3ccccc3)nc(-c3cccc(-n4c5ccccc5c5c6c(ccc54)-c4ccccc4C6(C)C)c3)nc21.CC1(C)c2ccccc2-c2c(-c3ccccc3)nc(-c3cccc(-n4c5ccccc5c5c6sc7ccccc7c6ccc54)c3)nc21. The van der Waals surface area contributed by atoms with Crippen LogP contribution in [-0.2, 0) is 21.7 Å². The summed E-state index contributed by atoms with van der Waals surface area (Å²) in [7, 11) is 0. The summed E-state index contributed by atoms with van der Waals surface area (Å²) in [5.41, 5.74) is 42.1. The lowest BCUT2D eigenvalue weighted by Gasteiger charge is -2.22. The molecule has 0 aliphatic heterocycles. The van der Waals surface area contributed by atoms with Crippen molar-refractivity contribution >= 4 is 119 Å². The molecule has 0 spiro atoms. The zero-order valence-corrected chi connectivity index (χ0v) is 84.4. The van der Waals surface area contributed by atoms with Crippen LogP contribution < -0.4 is 0 Å². The van der Waals surface area contributed by atoms with Gasteiger partial charge in [-0.05, 0) is 153 Å². The molecule has 0 saturated heterocycles. The molecule has 27 aromatic rings. The van der Waals surface area contributed by atoms with E-state index in [-0.39, 0.29) is 21.7 Å². The topological polar surface area (TPSA) is 97.1 Å². The van der Waals surface area contributed by atoms with Crippen molar-refractivity contribution in [1.29, 1.82) is 0 Å².